The molecule has 88 valence electrons. The minimum absolute atomic E-state index is 0.0825. The predicted molar refractivity (Wildman–Crippen MR) is 56.2 cm³/mol. The maximum Gasteiger partial charge on any atom is 0.341 e. The van der Waals surface area contributed by atoms with Gasteiger partial charge in [-0.1, -0.05) is 6.07 Å². The van der Waals surface area contributed by atoms with Gasteiger partial charge in [-0.2, -0.15) is 0 Å². The summed E-state index contributed by atoms with van der Waals surface area (Å²) < 4.78 is 14.6. The van der Waals surface area contributed by atoms with E-state index in [1.165, 1.54) is 33.5 Å². The van der Waals surface area contributed by atoms with Crippen LogP contribution in [0.15, 0.2) is 18.2 Å². The minimum Gasteiger partial charge on any atom is -0.507 e. The van der Waals surface area contributed by atoms with E-state index in [9.17, 15) is 9.90 Å². The van der Waals surface area contributed by atoms with Crippen molar-refractivity contribution in [2.45, 2.75) is 6.29 Å². The second-order valence-corrected chi connectivity index (χ2v) is 3.07. The summed E-state index contributed by atoms with van der Waals surface area (Å²) in [5, 5.41) is 9.48. The smallest absolute Gasteiger partial charge is 0.341 e. The standard InChI is InChI=1S/C11H14O5/c1-14-10(13)8-6-7(4-5-9(8)12)11(15-2)16-3/h4-6,11-12H,1-3H3. The number of rotatable bonds is 4. The molecule has 0 atom stereocenters. The summed E-state index contributed by atoms with van der Waals surface area (Å²) in [5.41, 5.74) is 0.710. The molecule has 5 heteroatoms. The molecule has 0 aliphatic heterocycles. The largest absolute Gasteiger partial charge is 0.507 e. The van der Waals surface area contributed by atoms with Crippen LogP contribution < -0.4 is 0 Å². The molecule has 0 aliphatic carbocycles. The summed E-state index contributed by atoms with van der Waals surface area (Å²) in [5.74, 6) is -0.744. The highest BCUT2D eigenvalue weighted by molar-refractivity contribution is 5.92. The number of hydrogen-bond acceptors (Lipinski definition) is 5. The first-order valence-corrected chi connectivity index (χ1v) is 4.60. The van der Waals surface area contributed by atoms with E-state index in [0.29, 0.717) is 5.56 Å². The summed E-state index contributed by atoms with van der Waals surface area (Å²) >= 11 is 0. The molecule has 0 fully saturated rings. The van der Waals surface area contributed by atoms with Crippen molar-refractivity contribution in [3.05, 3.63) is 29.3 Å². The van der Waals surface area contributed by atoms with Gasteiger partial charge in [0.1, 0.15) is 11.3 Å². The van der Waals surface area contributed by atoms with Crippen LogP contribution in [0.3, 0.4) is 0 Å². The van der Waals surface area contributed by atoms with Crippen molar-refractivity contribution in [1.29, 1.82) is 0 Å². The number of aromatic hydroxyl groups is 1. The van der Waals surface area contributed by atoms with Gasteiger partial charge in [-0.05, 0) is 12.1 Å². The van der Waals surface area contributed by atoms with Gasteiger partial charge in [0, 0.05) is 19.8 Å². The van der Waals surface area contributed by atoms with Crippen LogP contribution in [-0.2, 0) is 14.2 Å². The molecule has 0 aliphatic rings. The van der Waals surface area contributed by atoms with E-state index in [4.69, 9.17) is 9.47 Å². The lowest BCUT2D eigenvalue weighted by Gasteiger charge is -2.14. The van der Waals surface area contributed by atoms with E-state index < -0.39 is 12.3 Å². The predicted octanol–water partition coefficient (Wildman–Crippen LogP) is 1.47. The fraction of sp³-hybridized carbons (Fsp3) is 0.364. The summed E-state index contributed by atoms with van der Waals surface area (Å²) in [6.45, 7) is 0. The van der Waals surface area contributed by atoms with Gasteiger partial charge in [0.25, 0.3) is 0 Å². The first-order chi connectivity index (χ1) is 7.63. The zero-order valence-electron chi connectivity index (χ0n) is 9.39. The zero-order chi connectivity index (χ0) is 12.1. The van der Waals surface area contributed by atoms with Crippen molar-refractivity contribution in [1.82, 2.24) is 0 Å². The van der Waals surface area contributed by atoms with Gasteiger partial charge in [0.2, 0.25) is 0 Å². The number of esters is 1. The number of benzene rings is 1. The molecule has 0 bridgehead atoms. The second-order valence-electron chi connectivity index (χ2n) is 3.07. The molecule has 0 heterocycles. The molecule has 1 rings (SSSR count). The first kappa shape index (κ1) is 12.5. The molecule has 5 nitrogen and oxygen atoms in total. The third-order valence-corrected chi connectivity index (χ3v) is 2.13. The summed E-state index contributed by atoms with van der Waals surface area (Å²) in [7, 11) is 4.22. The normalized spacial score (nSPS) is 10.5. The van der Waals surface area contributed by atoms with Gasteiger partial charge in [0.05, 0.1) is 7.11 Å². The Hall–Kier alpha value is -1.59. The highest BCUT2D eigenvalue weighted by Crippen LogP contribution is 2.24. The van der Waals surface area contributed by atoms with Gasteiger partial charge in [0.15, 0.2) is 6.29 Å². The van der Waals surface area contributed by atoms with Crippen LogP contribution in [0, 0.1) is 0 Å². The molecular formula is C11H14O5. The Morgan fingerprint density at radius 3 is 2.38 bits per heavy atom. The Kier molecular flexibility index (Phi) is 4.28. The highest BCUT2D eigenvalue weighted by Gasteiger charge is 2.16. The Morgan fingerprint density at radius 2 is 1.88 bits per heavy atom. The number of carbonyl (C=O) groups is 1. The molecule has 0 saturated carbocycles. The molecule has 0 saturated heterocycles. The number of phenols is 1. The highest BCUT2D eigenvalue weighted by atomic mass is 16.7. The SMILES string of the molecule is COC(=O)c1cc(C(OC)OC)ccc1O. The zero-order valence-corrected chi connectivity index (χ0v) is 9.39. The summed E-state index contributed by atoms with van der Waals surface area (Å²) in [4.78, 5) is 11.3. The van der Waals surface area contributed by atoms with Crippen LogP contribution in [0.25, 0.3) is 0 Å². The molecule has 1 N–H and O–H groups in total. The number of hydrogen-bond donors (Lipinski definition) is 1. The molecule has 0 spiro atoms. The van der Waals surface area contributed by atoms with Crippen LogP contribution >= 0.6 is 0 Å². The van der Waals surface area contributed by atoms with Crippen LogP contribution in [0.5, 0.6) is 5.75 Å². The maximum absolute atomic E-state index is 11.3. The lowest BCUT2D eigenvalue weighted by molar-refractivity contribution is -0.106. The lowest BCUT2D eigenvalue weighted by Crippen LogP contribution is -2.07. The first-order valence-electron chi connectivity index (χ1n) is 4.60. The topological polar surface area (TPSA) is 65.0 Å². The van der Waals surface area contributed by atoms with E-state index >= 15 is 0 Å². The fourth-order valence-corrected chi connectivity index (χ4v) is 1.34. The van der Waals surface area contributed by atoms with Crippen molar-refractivity contribution in [2.75, 3.05) is 21.3 Å². The third-order valence-electron chi connectivity index (χ3n) is 2.13. The van der Waals surface area contributed by atoms with Gasteiger partial charge in [-0.15, -0.1) is 0 Å². The Morgan fingerprint density at radius 1 is 1.25 bits per heavy atom. The monoisotopic (exact) mass is 226 g/mol. The van der Waals surface area contributed by atoms with Crippen LogP contribution in [-0.4, -0.2) is 32.4 Å². The molecular weight excluding hydrogens is 212 g/mol. The lowest BCUT2D eigenvalue weighted by atomic mass is 10.1. The third kappa shape index (κ3) is 2.50. The Labute approximate surface area is 93.6 Å². The van der Waals surface area contributed by atoms with Gasteiger partial charge < -0.3 is 19.3 Å². The maximum atomic E-state index is 11.3. The van der Waals surface area contributed by atoms with E-state index in [1.807, 2.05) is 0 Å². The van der Waals surface area contributed by atoms with E-state index in [-0.39, 0.29) is 11.3 Å². The molecule has 0 amide bonds. The second kappa shape index (κ2) is 5.48. The number of carbonyl (C=O) groups excluding carboxylic acids is 1. The number of phenolic OH excluding ortho intramolecular Hbond substituents is 1. The molecule has 0 unspecified atom stereocenters. The van der Waals surface area contributed by atoms with Crippen molar-refractivity contribution < 1.29 is 24.1 Å². The average Bonchev–Trinajstić information content (AvgIpc) is 2.31. The molecule has 1 aromatic carbocycles. The van der Waals surface area contributed by atoms with Crippen molar-refractivity contribution in [3.63, 3.8) is 0 Å². The molecule has 1 aromatic rings. The molecule has 0 aromatic heterocycles. The van der Waals surface area contributed by atoms with E-state index in [2.05, 4.69) is 4.74 Å². The van der Waals surface area contributed by atoms with Crippen molar-refractivity contribution in [2.24, 2.45) is 0 Å². The quantitative estimate of drug-likeness (QED) is 0.622. The van der Waals surface area contributed by atoms with Crippen LogP contribution in [0.1, 0.15) is 22.2 Å². The average molecular weight is 226 g/mol. The minimum atomic E-state index is -0.606. The summed E-state index contributed by atoms with van der Waals surface area (Å²) in [6, 6.07) is 4.48. The van der Waals surface area contributed by atoms with Crippen molar-refractivity contribution >= 4 is 5.97 Å². The van der Waals surface area contributed by atoms with Gasteiger partial charge in [-0.3, -0.25) is 0 Å². The Bertz CT molecular complexity index is 371. The Balaban J connectivity index is 3.11. The van der Waals surface area contributed by atoms with E-state index in [0.717, 1.165) is 0 Å². The van der Waals surface area contributed by atoms with Gasteiger partial charge in [-0.25, -0.2) is 4.79 Å². The van der Waals surface area contributed by atoms with Crippen LogP contribution in [0.2, 0.25) is 0 Å². The van der Waals surface area contributed by atoms with E-state index in [1.54, 1.807) is 6.07 Å². The van der Waals surface area contributed by atoms with Crippen LogP contribution in [0.4, 0.5) is 0 Å². The molecule has 16 heavy (non-hydrogen) atoms. The number of methoxy groups -OCH3 is 3. The molecule has 0 radical (unpaired) electrons. The van der Waals surface area contributed by atoms with Crippen molar-refractivity contribution in [3.8, 4) is 5.75 Å². The summed E-state index contributed by atoms with van der Waals surface area (Å²) in [6.07, 6.45) is -0.580. The number of ether oxygens (including phenoxy) is 3. The van der Waals surface area contributed by atoms with Gasteiger partial charge >= 0.3 is 5.97 Å². The fourth-order valence-electron chi connectivity index (χ4n) is 1.34.